The number of halogens is 1. The van der Waals surface area contributed by atoms with Crippen LogP contribution < -0.4 is 4.90 Å². The van der Waals surface area contributed by atoms with Gasteiger partial charge in [0.15, 0.2) is 0 Å². The molecule has 1 aromatic carbocycles. The zero-order valence-electron chi connectivity index (χ0n) is 12.2. The van der Waals surface area contributed by atoms with E-state index in [1.807, 2.05) is 0 Å². The van der Waals surface area contributed by atoms with E-state index in [0.717, 1.165) is 25.9 Å². The van der Waals surface area contributed by atoms with Crippen molar-refractivity contribution in [2.75, 3.05) is 18.0 Å². The second kappa shape index (κ2) is 6.04. The summed E-state index contributed by atoms with van der Waals surface area (Å²) in [5.41, 5.74) is 1.40. The molecular formula is C16H22ClNO2. The maximum Gasteiger partial charge on any atom is 0.337 e. The van der Waals surface area contributed by atoms with Crippen molar-refractivity contribution < 1.29 is 9.90 Å². The van der Waals surface area contributed by atoms with Crippen molar-refractivity contribution in [1.82, 2.24) is 0 Å². The van der Waals surface area contributed by atoms with Crippen molar-refractivity contribution in [3.63, 3.8) is 0 Å². The van der Waals surface area contributed by atoms with Crippen LogP contribution in [0.3, 0.4) is 0 Å². The normalized spacial score (nSPS) is 18.1. The lowest BCUT2D eigenvalue weighted by atomic mass is 9.74. The summed E-state index contributed by atoms with van der Waals surface area (Å²) >= 11 is 6.24. The van der Waals surface area contributed by atoms with Crippen LogP contribution in [-0.2, 0) is 0 Å². The van der Waals surface area contributed by atoms with Gasteiger partial charge in [0, 0.05) is 13.1 Å². The van der Waals surface area contributed by atoms with E-state index in [-0.39, 0.29) is 0 Å². The topological polar surface area (TPSA) is 40.5 Å². The van der Waals surface area contributed by atoms with E-state index in [0.29, 0.717) is 21.7 Å². The Bertz CT molecular complexity index is 487. The van der Waals surface area contributed by atoms with Gasteiger partial charge < -0.3 is 10.0 Å². The van der Waals surface area contributed by atoms with Gasteiger partial charge in [-0.3, -0.25) is 0 Å². The summed E-state index contributed by atoms with van der Waals surface area (Å²) in [5.74, 6) is -0.912. The molecule has 1 fully saturated rings. The average molecular weight is 296 g/mol. The average Bonchev–Trinajstić information content (AvgIpc) is 2.47. The Kier molecular flexibility index (Phi) is 4.59. The molecule has 0 atom stereocenters. The molecule has 0 bridgehead atoms. The number of para-hydroxylation sites is 1. The molecule has 1 saturated heterocycles. The Morgan fingerprint density at radius 1 is 1.30 bits per heavy atom. The quantitative estimate of drug-likeness (QED) is 0.892. The highest BCUT2D eigenvalue weighted by atomic mass is 35.5. The lowest BCUT2D eigenvalue weighted by molar-refractivity contribution is 0.0697. The maximum absolute atomic E-state index is 11.4. The first-order chi connectivity index (χ1) is 9.53. The zero-order valence-corrected chi connectivity index (χ0v) is 12.9. The molecule has 0 aliphatic carbocycles. The summed E-state index contributed by atoms with van der Waals surface area (Å²) in [7, 11) is 0. The first-order valence-electron chi connectivity index (χ1n) is 7.30. The molecule has 1 aromatic rings. The van der Waals surface area contributed by atoms with Crippen LogP contribution >= 0.6 is 11.6 Å². The summed E-state index contributed by atoms with van der Waals surface area (Å²) in [5, 5.41) is 9.86. The summed E-state index contributed by atoms with van der Waals surface area (Å²) in [6.45, 7) is 6.26. The number of hydrogen-bond acceptors (Lipinski definition) is 2. The number of rotatable bonds is 4. The largest absolute Gasteiger partial charge is 0.478 e. The fraction of sp³-hybridized carbons (Fsp3) is 0.562. The van der Waals surface area contributed by atoms with E-state index in [2.05, 4.69) is 18.7 Å². The molecule has 0 aromatic heterocycles. The number of hydrogen-bond donors (Lipinski definition) is 1. The smallest absolute Gasteiger partial charge is 0.337 e. The molecule has 3 nitrogen and oxygen atoms in total. The molecule has 2 rings (SSSR count). The number of nitrogens with zero attached hydrogens (tertiary/aromatic N) is 1. The summed E-state index contributed by atoms with van der Waals surface area (Å²) in [6, 6.07) is 5.09. The van der Waals surface area contributed by atoms with Crippen molar-refractivity contribution in [3.05, 3.63) is 28.8 Å². The lowest BCUT2D eigenvalue weighted by Gasteiger charge is -2.42. The minimum Gasteiger partial charge on any atom is -0.478 e. The van der Waals surface area contributed by atoms with E-state index in [9.17, 15) is 9.90 Å². The predicted molar refractivity (Wildman–Crippen MR) is 82.9 cm³/mol. The number of carboxylic acids is 1. The monoisotopic (exact) mass is 295 g/mol. The molecule has 0 unspecified atom stereocenters. The second-order valence-electron chi connectivity index (χ2n) is 5.64. The standard InChI is InChI=1S/C16H22ClNO2/c1-3-16(4-2)8-10-18(11-9-16)14-12(15(19)20)6-5-7-13(14)17/h5-7H,3-4,8-11H2,1-2H3,(H,19,20). The number of carbonyl (C=O) groups is 1. The summed E-state index contributed by atoms with van der Waals surface area (Å²) in [6.07, 6.45) is 4.58. The van der Waals surface area contributed by atoms with Crippen LogP contribution in [0.15, 0.2) is 18.2 Å². The number of aromatic carboxylic acids is 1. The molecule has 4 heteroatoms. The molecule has 1 heterocycles. The molecule has 1 aliphatic rings. The fourth-order valence-electron chi connectivity index (χ4n) is 3.17. The van der Waals surface area contributed by atoms with Crippen molar-refractivity contribution in [3.8, 4) is 0 Å². The number of carboxylic acid groups (broad SMARTS) is 1. The Balaban J connectivity index is 2.25. The SMILES string of the molecule is CCC1(CC)CCN(c2c(Cl)cccc2C(=O)O)CC1. The van der Waals surface area contributed by atoms with Gasteiger partial charge in [-0.1, -0.05) is 44.4 Å². The van der Waals surface area contributed by atoms with Crippen LogP contribution in [0.5, 0.6) is 0 Å². The van der Waals surface area contributed by atoms with Crippen molar-refractivity contribution in [1.29, 1.82) is 0 Å². The van der Waals surface area contributed by atoms with Gasteiger partial charge in [-0.05, 0) is 30.4 Å². The van der Waals surface area contributed by atoms with Crippen molar-refractivity contribution in [2.24, 2.45) is 5.41 Å². The van der Waals surface area contributed by atoms with Crippen molar-refractivity contribution in [2.45, 2.75) is 39.5 Å². The van der Waals surface area contributed by atoms with Crippen LogP contribution in [0, 0.1) is 5.41 Å². The highest BCUT2D eigenvalue weighted by Gasteiger charge is 2.32. The Labute approximate surface area is 125 Å². The third kappa shape index (κ3) is 2.78. The van der Waals surface area contributed by atoms with Gasteiger partial charge in [0.1, 0.15) is 0 Å². The van der Waals surface area contributed by atoms with E-state index in [1.54, 1.807) is 18.2 Å². The second-order valence-corrected chi connectivity index (χ2v) is 6.04. The van der Waals surface area contributed by atoms with Gasteiger partial charge in [0.05, 0.1) is 16.3 Å². The van der Waals surface area contributed by atoms with Gasteiger partial charge in [0.25, 0.3) is 0 Å². The highest BCUT2D eigenvalue weighted by molar-refractivity contribution is 6.34. The van der Waals surface area contributed by atoms with Gasteiger partial charge in [0.2, 0.25) is 0 Å². The van der Waals surface area contributed by atoms with Crippen LogP contribution in [0.2, 0.25) is 5.02 Å². The molecular weight excluding hydrogens is 274 g/mol. The molecule has 0 saturated carbocycles. The predicted octanol–water partition coefficient (Wildman–Crippen LogP) is 4.44. The van der Waals surface area contributed by atoms with Crippen molar-refractivity contribution >= 4 is 23.3 Å². The van der Waals surface area contributed by atoms with E-state index in [4.69, 9.17) is 11.6 Å². The van der Waals surface area contributed by atoms with Gasteiger partial charge in [-0.15, -0.1) is 0 Å². The molecule has 1 aliphatic heterocycles. The van der Waals surface area contributed by atoms with Gasteiger partial charge in [-0.25, -0.2) is 4.79 Å². The third-order valence-electron chi connectivity index (χ3n) is 4.86. The van der Waals surface area contributed by atoms with Gasteiger partial charge >= 0.3 is 5.97 Å². The number of anilines is 1. The molecule has 0 radical (unpaired) electrons. The third-order valence-corrected chi connectivity index (χ3v) is 5.16. The first-order valence-corrected chi connectivity index (χ1v) is 7.67. The van der Waals surface area contributed by atoms with E-state index in [1.165, 1.54) is 12.8 Å². The summed E-state index contributed by atoms with van der Waals surface area (Å²) in [4.78, 5) is 13.5. The number of benzene rings is 1. The van der Waals surface area contributed by atoms with Gasteiger partial charge in [-0.2, -0.15) is 0 Å². The zero-order chi connectivity index (χ0) is 14.8. The maximum atomic E-state index is 11.4. The van der Waals surface area contributed by atoms with Crippen LogP contribution in [-0.4, -0.2) is 24.2 Å². The van der Waals surface area contributed by atoms with Crippen LogP contribution in [0.1, 0.15) is 49.9 Å². The lowest BCUT2D eigenvalue weighted by Crippen LogP contribution is -2.40. The molecule has 0 spiro atoms. The van der Waals surface area contributed by atoms with Crippen LogP contribution in [0.25, 0.3) is 0 Å². The fourth-order valence-corrected chi connectivity index (χ4v) is 3.47. The first kappa shape index (κ1) is 15.2. The highest BCUT2D eigenvalue weighted by Crippen LogP contribution is 2.41. The minimum atomic E-state index is -0.912. The van der Waals surface area contributed by atoms with E-state index < -0.39 is 5.97 Å². The minimum absolute atomic E-state index is 0.304. The molecule has 0 amide bonds. The molecule has 110 valence electrons. The molecule has 20 heavy (non-hydrogen) atoms. The Hall–Kier alpha value is -1.22. The van der Waals surface area contributed by atoms with Crippen LogP contribution in [0.4, 0.5) is 5.69 Å². The molecule has 1 N–H and O–H groups in total. The van der Waals surface area contributed by atoms with E-state index >= 15 is 0 Å². The Morgan fingerprint density at radius 3 is 2.40 bits per heavy atom. The number of piperidine rings is 1. The Morgan fingerprint density at radius 2 is 1.90 bits per heavy atom. The summed E-state index contributed by atoms with van der Waals surface area (Å²) < 4.78 is 0.